The van der Waals surface area contributed by atoms with Crippen molar-refractivity contribution in [3.8, 4) is 0 Å². The van der Waals surface area contributed by atoms with Crippen molar-refractivity contribution in [2.45, 2.75) is 38.8 Å². The molecule has 0 saturated carbocycles. The van der Waals surface area contributed by atoms with Crippen LogP contribution in [0.4, 0.5) is 0 Å². The lowest BCUT2D eigenvalue weighted by atomic mass is 9.89. The van der Waals surface area contributed by atoms with Crippen LogP contribution in [0.2, 0.25) is 0 Å². The monoisotopic (exact) mass is 254 g/mol. The highest BCUT2D eigenvalue weighted by atomic mass is 16.3. The number of rotatable bonds is 6. The quantitative estimate of drug-likeness (QED) is 0.700. The maximum absolute atomic E-state index is 9.75. The van der Waals surface area contributed by atoms with E-state index in [1.807, 2.05) is 25.2 Å². The largest absolute Gasteiger partial charge is 0.390 e. The number of likely N-dealkylation sites (N-methyl/N-ethyl adjacent to an activating group) is 1. The summed E-state index contributed by atoms with van der Waals surface area (Å²) in [5.41, 5.74) is 2.38. The third-order valence-electron chi connectivity index (χ3n) is 2.74. The van der Waals surface area contributed by atoms with Crippen LogP contribution in [0.1, 0.15) is 32.0 Å². The van der Waals surface area contributed by atoms with Gasteiger partial charge in [-0.15, -0.1) is 0 Å². The summed E-state index contributed by atoms with van der Waals surface area (Å²) in [6.45, 7) is 8.46. The Labute approximate surface area is 110 Å². The molecule has 0 saturated heterocycles. The summed E-state index contributed by atoms with van der Waals surface area (Å²) in [5.74, 6) is 0. The van der Waals surface area contributed by atoms with Crippen LogP contribution in [0.3, 0.4) is 0 Å². The summed E-state index contributed by atoms with van der Waals surface area (Å²) in [7, 11) is 3.91. The molecule has 1 rings (SSSR count). The van der Waals surface area contributed by atoms with E-state index in [9.17, 15) is 5.11 Å². The van der Waals surface area contributed by atoms with Crippen LogP contribution in [0.5, 0.6) is 0 Å². The Hall–Kier alpha value is -0.910. The van der Waals surface area contributed by atoms with Gasteiger partial charge in [0.05, 0.1) is 12.3 Å². The van der Waals surface area contributed by atoms with Crippen LogP contribution < -0.4 is 5.32 Å². The summed E-state index contributed by atoms with van der Waals surface area (Å²) in [5, 5.41) is 20.2. The number of aromatic nitrogens is 2. The lowest BCUT2D eigenvalue weighted by Crippen LogP contribution is -2.35. The van der Waals surface area contributed by atoms with E-state index in [0.29, 0.717) is 13.1 Å². The van der Waals surface area contributed by atoms with Gasteiger partial charge in [0.1, 0.15) is 0 Å². The number of hydrogen-bond acceptors (Lipinski definition) is 4. The molecule has 0 radical (unpaired) electrons. The van der Waals surface area contributed by atoms with Gasteiger partial charge in [0.25, 0.3) is 0 Å². The number of nitrogens with one attached hydrogen (secondary N) is 2. The summed E-state index contributed by atoms with van der Waals surface area (Å²) in [4.78, 5) is 1.98. The number of aliphatic hydroxyl groups is 1. The first kappa shape index (κ1) is 15.1. The number of nitrogens with zero attached hydrogens (tertiary/aromatic N) is 2. The summed E-state index contributed by atoms with van der Waals surface area (Å²) < 4.78 is 0. The van der Waals surface area contributed by atoms with Crippen molar-refractivity contribution in [3.63, 3.8) is 0 Å². The van der Waals surface area contributed by atoms with Crippen molar-refractivity contribution in [2.75, 3.05) is 27.2 Å². The molecule has 1 heterocycles. The zero-order valence-corrected chi connectivity index (χ0v) is 12.1. The van der Waals surface area contributed by atoms with Crippen molar-refractivity contribution >= 4 is 0 Å². The molecule has 5 heteroatoms. The van der Waals surface area contributed by atoms with Gasteiger partial charge >= 0.3 is 0 Å². The smallest absolute Gasteiger partial charge is 0.0791 e. The summed E-state index contributed by atoms with van der Waals surface area (Å²) in [6, 6.07) is 0. The number of hydrogen-bond donors (Lipinski definition) is 3. The van der Waals surface area contributed by atoms with Gasteiger partial charge in [0, 0.05) is 36.3 Å². The topological polar surface area (TPSA) is 64.2 Å². The van der Waals surface area contributed by atoms with E-state index in [2.05, 4.69) is 36.3 Å². The number of aromatic amines is 1. The molecule has 1 aromatic rings. The van der Waals surface area contributed by atoms with Gasteiger partial charge in [0.2, 0.25) is 0 Å². The minimum absolute atomic E-state index is 0.0652. The average molecular weight is 254 g/mol. The number of H-pyrrole nitrogens is 1. The normalized spacial score (nSPS) is 14.2. The van der Waals surface area contributed by atoms with Crippen LogP contribution in [0.15, 0.2) is 6.20 Å². The van der Waals surface area contributed by atoms with Gasteiger partial charge in [0.15, 0.2) is 0 Å². The summed E-state index contributed by atoms with van der Waals surface area (Å²) >= 11 is 0. The Balaban J connectivity index is 2.43. The molecule has 0 aliphatic rings. The fourth-order valence-electron chi connectivity index (χ4n) is 1.95. The molecule has 0 spiro atoms. The fraction of sp³-hybridized carbons (Fsp3) is 0.769. The highest BCUT2D eigenvalue weighted by Crippen LogP contribution is 2.23. The third kappa shape index (κ3) is 4.76. The summed E-state index contributed by atoms with van der Waals surface area (Å²) in [6.07, 6.45) is 1.51. The maximum Gasteiger partial charge on any atom is 0.0791 e. The second-order valence-corrected chi connectivity index (χ2v) is 6.07. The van der Waals surface area contributed by atoms with Crippen LogP contribution in [-0.4, -0.2) is 53.5 Å². The SMILES string of the molecule is CN(C)CC(O)CNCc1cn[nH]c1C(C)(C)C. The minimum Gasteiger partial charge on any atom is -0.390 e. The second-order valence-electron chi connectivity index (χ2n) is 6.07. The molecule has 5 nitrogen and oxygen atoms in total. The van der Waals surface area contributed by atoms with Crippen molar-refractivity contribution in [1.82, 2.24) is 20.4 Å². The van der Waals surface area contributed by atoms with Gasteiger partial charge in [-0.2, -0.15) is 5.10 Å². The molecule has 0 bridgehead atoms. The van der Waals surface area contributed by atoms with E-state index in [1.54, 1.807) is 0 Å². The molecule has 0 fully saturated rings. The molecule has 1 unspecified atom stereocenters. The molecule has 1 aromatic heterocycles. The molecule has 0 aliphatic carbocycles. The predicted molar refractivity (Wildman–Crippen MR) is 73.6 cm³/mol. The van der Waals surface area contributed by atoms with E-state index in [0.717, 1.165) is 12.2 Å². The molecule has 0 aliphatic heterocycles. The van der Waals surface area contributed by atoms with Crippen LogP contribution in [0.25, 0.3) is 0 Å². The van der Waals surface area contributed by atoms with Crippen molar-refractivity contribution in [1.29, 1.82) is 0 Å². The standard InChI is InChI=1S/C13H26N4O/c1-13(2,3)12-10(7-15-16-12)6-14-8-11(18)9-17(4)5/h7,11,14,18H,6,8-9H2,1-5H3,(H,15,16). The Kier molecular flexibility index (Phi) is 5.31. The van der Waals surface area contributed by atoms with E-state index >= 15 is 0 Å². The maximum atomic E-state index is 9.75. The second kappa shape index (κ2) is 6.31. The first-order valence-electron chi connectivity index (χ1n) is 6.37. The molecule has 1 atom stereocenters. The van der Waals surface area contributed by atoms with Crippen molar-refractivity contribution < 1.29 is 5.11 Å². The fourth-order valence-corrected chi connectivity index (χ4v) is 1.95. The Morgan fingerprint density at radius 3 is 2.67 bits per heavy atom. The zero-order chi connectivity index (χ0) is 13.8. The van der Waals surface area contributed by atoms with Gasteiger partial charge in [-0.1, -0.05) is 20.8 Å². The lowest BCUT2D eigenvalue weighted by molar-refractivity contribution is 0.134. The lowest BCUT2D eigenvalue weighted by Gasteiger charge is -2.19. The molecule has 104 valence electrons. The van der Waals surface area contributed by atoms with E-state index in [-0.39, 0.29) is 11.5 Å². The molecule has 0 amide bonds. The molecular weight excluding hydrogens is 228 g/mol. The van der Waals surface area contributed by atoms with Gasteiger partial charge in [-0.05, 0) is 14.1 Å². The van der Waals surface area contributed by atoms with Gasteiger partial charge < -0.3 is 15.3 Å². The van der Waals surface area contributed by atoms with Crippen molar-refractivity contribution in [3.05, 3.63) is 17.5 Å². The van der Waals surface area contributed by atoms with Crippen molar-refractivity contribution in [2.24, 2.45) is 0 Å². The first-order chi connectivity index (χ1) is 8.30. The van der Waals surface area contributed by atoms with E-state index in [1.165, 1.54) is 5.56 Å². The number of aliphatic hydroxyl groups excluding tert-OH is 1. The van der Waals surface area contributed by atoms with E-state index < -0.39 is 0 Å². The molecule has 3 N–H and O–H groups in total. The minimum atomic E-state index is -0.343. The molecule has 0 aromatic carbocycles. The predicted octanol–water partition coefficient (Wildman–Crippen LogP) is 0.719. The van der Waals surface area contributed by atoms with Crippen LogP contribution in [-0.2, 0) is 12.0 Å². The first-order valence-corrected chi connectivity index (χ1v) is 6.37. The molecular formula is C13H26N4O. The zero-order valence-electron chi connectivity index (χ0n) is 12.1. The molecule has 18 heavy (non-hydrogen) atoms. The highest BCUT2D eigenvalue weighted by Gasteiger charge is 2.19. The van der Waals surface area contributed by atoms with Gasteiger partial charge in [-0.3, -0.25) is 5.10 Å². The Morgan fingerprint density at radius 2 is 2.11 bits per heavy atom. The van der Waals surface area contributed by atoms with Gasteiger partial charge in [-0.25, -0.2) is 0 Å². The Bertz CT molecular complexity index is 354. The third-order valence-corrected chi connectivity index (χ3v) is 2.74. The van der Waals surface area contributed by atoms with Crippen LogP contribution in [0, 0.1) is 0 Å². The highest BCUT2D eigenvalue weighted by molar-refractivity contribution is 5.23. The Morgan fingerprint density at radius 1 is 1.44 bits per heavy atom. The average Bonchev–Trinajstić information content (AvgIpc) is 2.63. The van der Waals surface area contributed by atoms with Crippen LogP contribution >= 0.6 is 0 Å². The van der Waals surface area contributed by atoms with E-state index in [4.69, 9.17) is 0 Å².